The van der Waals surface area contributed by atoms with Crippen molar-refractivity contribution < 1.29 is 22.4 Å². The molecule has 1 aliphatic rings. The van der Waals surface area contributed by atoms with Crippen LogP contribution in [0.2, 0.25) is 0 Å². The highest BCUT2D eigenvalue weighted by molar-refractivity contribution is 5.90. The van der Waals surface area contributed by atoms with Crippen LogP contribution in [0.4, 0.5) is 23.2 Å². The van der Waals surface area contributed by atoms with Crippen molar-refractivity contribution in [3.8, 4) is 0 Å². The first-order chi connectivity index (χ1) is 10.4. The molecule has 0 unspecified atom stereocenters. The number of nitrogens with zero attached hydrogens (tertiary/aromatic N) is 5. The average Bonchev–Trinajstić information content (AvgIpc) is 2.88. The van der Waals surface area contributed by atoms with Gasteiger partial charge < -0.3 is 10.6 Å². The van der Waals surface area contributed by atoms with Crippen molar-refractivity contribution in [1.82, 2.24) is 20.0 Å². The second-order valence-corrected chi connectivity index (χ2v) is 4.68. The van der Waals surface area contributed by atoms with Crippen LogP contribution in [0.1, 0.15) is 16.5 Å². The summed E-state index contributed by atoms with van der Waals surface area (Å²) in [5.41, 5.74) is 4.14. The first kappa shape index (κ1) is 14.2. The normalized spacial score (nSPS) is 15.0. The number of amides is 1. The number of nitrogens with two attached hydrogens (primary N) is 1. The number of rotatable bonds is 3. The molecule has 0 saturated carbocycles. The summed E-state index contributed by atoms with van der Waals surface area (Å²) in [5.74, 6) is -7.32. The second-order valence-electron chi connectivity index (χ2n) is 4.68. The van der Waals surface area contributed by atoms with Crippen molar-refractivity contribution in [3.05, 3.63) is 35.4 Å². The molecule has 11 heteroatoms. The monoisotopic (exact) mass is 316 g/mol. The molecule has 7 nitrogen and oxygen atoms in total. The summed E-state index contributed by atoms with van der Waals surface area (Å²) in [6.45, 7) is 0.0522. The van der Waals surface area contributed by atoms with Crippen molar-refractivity contribution in [2.45, 2.75) is 6.04 Å². The summed E-state index contributed by atoms with van der Waals surface area (Å²) in [6.07, 6.45) is 1.28. The summed E-state index contributed by atoms with van der Waals surface area (Å²) >= 11 is 0. The van der Waals surface area contributed by atoms with Gasteiger partial charge in [-0.1, -0.05) is 5.21 Å². The number of halogens is 4. The Bertz CT molecular complexity index is 731. The Balaban J connectivity index is 1.80. The van der Waals surface area contributed by atoms with Crippen LogP contribution < -0.4 is 10.6 Å². The number of hydrogen-bond donors (Lipinski definition) is 1. The Labute approximate surface area is 120 Å². The Morgan fingerprint density at radius 1 is 1.18 bits per heavy atom. The van der Waals surface area contributed by atoms with Crippen LogP contribution in [0, 0.1) is 23.5 Å². The maximum Gasteiger partial charge on any atom is 0.270 e. The fourth-order valence-electron chi connectivity index (χ4n) is 2.13. The highest BCUT2D eigenvalue weighted by Gasteiger charge is 2.35. The summed E-state index contributed by atoms with van der Waals surface area (Å²) in [7, 11) is 0. The maximum atomic E-state index is 13.6. The van der Waals surface area contributed by atoms with Crippen molar-refractivity contribution >= 4 is 11.6 Å². The van der Waals surface area contributed by atoms with Crippen LogP contribution in [-0.4, -0.2) is 39.0 Å². The molecule has 22 heavy (non-hydrogen) atoms. The zero-order valence-electron chi connectivity index (χ0n) is 10.8. The molecule has 2 aromatic heterocycles. The minimum atomic E-state index is -1.71. The zero-order chi connectivity index (χ0) is 16.0. The van der Waals surface area contributed by atoms with E-state index in [9.17, 15) is 22.4 Å². The topological polar surface area (TPSA) is 89.9 Å². The minimum Gasteiger partial charge on any atom is -0.364 e. The van der Waals surface area contributed by atoms with Gasteiger partial charge in [-0.05, 0) is 0 Å². The SMILES string of the molecule is NC(=O)c1cn(C2CN(c3c(F)c(F)nc(F)c3F)C2)nn1. The lowest BCUT2D eigenvalue weighted by Gasteiger charge is -2.40. The fourth-order valence-corrected chi connectivity index (χ4v) is 2.13. The molecule has 1 amide bonds. The third-order valence-corrected chi connectivity index (χ3v) is 3.29. The average molecular weight is 316 g/mol. The van der Waals surface area contributed by atoms with Crippen molar-refractivity contribution in [1.29, 1.82) is 0 Å². The molecule has 1 aliphatic heterocycles. The molecule has 0 aliphatic carbocycles. The van der Waals surface area contributed by atoms with Gasteiger partial charge in [-0.3, -0.25) is 4.79 Å². The highest BCUT2D eigenvalue weighted by atomic mass is 19.2. The van der Waals surface area contributed by atoms with E-state index < -0.39 is 35.1 Å². The lowest BCUT2D eigenvalue weighted by Crippen LogP contribution is -2.49. The number of hydrogen-bond acceptors (Lipinski definition) is 5. The van der Waals surface area contributed by atoms with Crippen molar-refractivity contribution in [3.63, 3.8) is 0 Å². The van der Waals surface area contributed by atoms with Crippen molar-refractivity contribution in [2.75, 3.05) is 18.0 Å². The molecule has 0 atom stereocenters. The molecule has 0 radical (unpaired) electrons. The molecule has 116 valence electrons. The van der Waals surface area contributed by atoms with E-state index >= 15 is 0 Å². The molecule has 1 fully saturated rings. The van der Waals surface area contributed by atoms with Gasteiger partial charge in [0.25, 0.3) is 17.8 Å². The molecule has 0 aromatic carbocycles. The number of carbonyl (C=O) groups excluding carboxylic acids is 1. The Morgan fingerprint density at radius 2 is 1.77 bits per heavy atom. The van der Waals surface area contributed by atoms with Gasteiger partial charge >= 0.3 is 0 Å². The Kier molecular flexibility index (Phi) is 3.19. The van der Waals surface area contributed by atoms with E-state index in [0.717, 1.165) is 4.90 Å². The van der Waals surface area contributed by atoms with Crippen LogP contribution in [0.15, 0.2) is 6.20 Å². The fraction of sp³-hybridized carbons (Fsp3) is 0.273. The van der Waals surface area contributed by atoms with Gasteiger partial charge in [-0.25, -0.2) is 4.68 Å². The number of primary amides is 1. The summed E-state index contributed by atoms with van der Waals surface area (Å²) in [5, 5.41) is 7.18. The summed E-state index contributed by atoms with van der Waals surface area (Å²) in [6, 6.07) is -0.362. The molecule has 2 aromatic rings. The second kappa shape index (κ2) is 4.93. The first-order valence-corrected chi connectivity index (χ1v) is 6.05. The molecule has 2 N–H and O–H groups in total. The van der Waals surface area contributed by atoms with E-state index in [1.165, 1.54) is 10.9 Å². The molecule has 3 heterocycles. The van der Waals surface area contributed by atoms with Crippen LogP contribution >= 0.6 is 0 Å². The third-order valence-electron chi connectivity index (χ3n) is 3.29. The summed E-state index contributed by atoms with van der Waals surface area (Å²) in [4.78, 5) is 14.5. The number of aromatic nitrogens is 4. The smallest absolute Gasteiger partial charge is 0.270 e. The predicted octanol–water partition coefficient (Wildman–Crippen LogP) is 0.390. The highest BCUT2D eigenvalue weighted by Crippen LogP contribution is 2.33. The van der Waals surface area contributed by atoms with E-state index in [2.05, 4.69) is 15.3 Å². The van der Waals surface area contributed by atoms with Gasteiger partial charge in [-0.2, -0.15) is 22.5 Å². The van der Waals surface area contributed by atoms with E-state index in [1.54, 1.807) is 0 Å². The van der Waals surface area contributed by atoms with E-state index in [-0.39, 0.29) is 24.8 Å². The van der Waals surface area contributed by atoms with Gasteiger partial charge in [0.05, 0.1) is 12.2 Å². The van der Waals surface area contributed by atoms with Crippen LogP contribution in [0.25, 0.3) is 0 Å². The number of anilines is 1. The molecule has 0 bridgehead atoms. The van der Waals surface area contributed by atoms with Gasteiger partial charge in [0.15, 0.2) is 5.69 Å². The number of carbonyl (C=O) groups is 1. The van der Waals surface area contributed by atoms with Gasteiger partial charge in [0, 0.05) is 13.1 Å². The maximum absolute atomic E-state index is 13.6. The van der Waals surface area contributed by atoms with Gasteiger partial charge in [-0.15, -0.1) is 5.10 Å². The van der Waals surface area contributed by atoms with Crippen LogP contribution in [0.3, 0.4) is 0 Å². The van der Waals surface area contributed by atoms with E-state index in [0.29, 0.717) is 0 Å². The lowest BCUT2D eigenvalue weighted by molar-refractivity contribution is 0.0995. The van der Waals surface area contributed by atoms with Crippen molar-refractivity contribution in [2.24, 2.45) is 5.73 Å². The molecular weight excluding hydrogens is 308 g/mol. The van der Waals surface area contributed by atoms with E-state index in [1.807, 2.05) is 0 Å². The lowest BCUT2D eigenvalue weighted by atomic mass is 10.1. The van der Waals surface area contributed by atoms with Crippen LogP contribution in [-0.2, 0) is 0 Å². The van der Waals surface area contributed by atoms with Crippen LogP contribution in [0.5, 0.6) is 0 Å². The number of pyridine rings is 1. The molecule has 1 saturated heterocycles. The largest absolute Gasteiger partial charge is 0.364 e. The zero-order valence-corrected chi connectivity index (χ0v) is 10.8. The molecule has 3 rings (SSSR count). The first-order valence-electron chi connectivity index (χ1n) is 6.05. The Morgan fingerprint density at radius 3 is 2.27 bits per heavy atom. The molecular formula is C11H8F4N6O. The predicted molar refractivity (Wildman–Crippen MR) is 63.9 cm³/mol. The van der Waals surface area contributed by atoms with Gasteiger partial charge in [0.2, 0.25) is 11.6 Å². The van der Waals surface area contributed by atoms with Gasteiger partial charge in [0.1, 0.15) is 5.69 Å². The standard InChI is InChI=1S/C11H8F4N6O/c12-6-8(7(13)10(15)17-9(6)14)20-1-4(2-20)21-3-5(11(16)22)18-19-21/h3-4H,1-2H2,(H2,16,22). The minimum absolute atomic E-state index is 0.0261. The van der Waals surface area contributed by atoms with E-state index in [4.69, 9.17) is 5.73 Å². The third kappa shape index (κ3) is 2.14. The molecule has 0 spiro atoms. The summed E-state index contributed by atoms with van der Waals surface area (Å²) < 4.78 is 54.5. The quantitative estimate of drug-likeness (QED) is 0.653. The Hall–Kier alpha value is -2.72.